The molecule has 3 heteroatoms. The average Bonchev–Trinajstić information content (AvgIpc) is 2.70. The van der Waals surface area contributed by atoms with Crippen LogP contribution in [0.25, 0.3) is 0 Å². The third-order valence-electron chi connectivity index (χ3n) is 3.70. The number of hydrogen-bond acceptors (Lipinski definition) is 2. The van der Waals surface area contributed by atoms with Gasteiger partial charge in [-0.3, -0.25) is 0 Å². The van der Waals surface area contributed by atoms with Crippen molar-refractivity contribution < 1.29 is 0 Å². The van der Waals surface area contributed by atoms with Crippen molar-refractivity contribution >= 4 is 0 Å². The molecule has 0 saturated heterocycles. The van der Waals surface area contributed by atoms with Crippen LogP contribution in [-0.4, -0.2) is 22.1 Å². The van der Waals surface area contributed by atoms with E-state index in [4.69, 9.17) is 0 Å². The molecule has 0 amide bonds. The quantitative estimate of drug-likeness (QED) is 0.869. The first-order chi connectivity index (χ1) is 8.48. The van der Waals surface area contributed by atoms with Crippen LogP contribution in [0.3, 0.4) is 0 Å². The van der Waals surface area contributed by atoms with Crippen molar-refractivity contribution in [2.75, 3.05) is 6.54 Å². The Morgan fingerprint density at radius 3 is 2.78 bits per heavy atom. The first kappa shape index (κ1) is 13.6. The highest BCUT2D eigenvalue weighted by Gasteiger charge is 2.22. The molecule has 0 bridgehead atoms. The Bertz CT molecular complexity index is 390. The lowest BCUT2D eigenvalue weighted by molar-refractivity contribution is 0.277. The molecule has 1 aliphatic carbocycles. The summed E-state index contributed by atoms with van der Waals surface area (Å²) in [5.74, 6) is 0. The van der Waals surface area contributed by atoms with E-state index in [0.29, 0.717) is 6.04 Å². The minimum absolute atomic E-state index is 0.274. The van der Waals surface area contributed by atoms with Gasteiger partial charge in [-0.1, -0.05) is 27.7 Å². The number of rotatable bonds is 5. The van der Waals surface area contributed by atoms with E-state index < -0.39 is 0 Å². The number of imidazole rings is 1. The molecule has 1 N–H and O–H groups in total. The third kappa shape index (κ3) is 3.35. The van der Waals surface area contributed by atoms with Crippen molar-refractivity contribution in [3.05, 3.63) is 17.7 Å². The van der Waals surface area contributed by atoms with Gasteiger partial charge in [-0.15, -0.1) is 0 Å². The second-order valence-corrected chi connectivity index (χ2v) is 6.67. The van der Waals surface area contributed by atoms with E-state index in [1.54, 1.807) is 0 Å². The fourth-order valence-corrected chi connectivity index (χ4v) is 2.66. The molecular formula is C15H27N3. The van der Waals surface area contributed by atoms with Crippen molar-refractivity contribution in [2.45, 2.75) is 66.0 Å². The van der Waals surface area contributed by atoms with Gasteiger partial charge in [0.05, 0.1) is 12.0 Å². The number of aryl methyl sites for hydroxylation is 1. The lowest BCUT2D eigenvalue weighted by atomic mass is 9.92. The van der Waals surface area contributed by atoms with Gasteiger partial charge >= 0.3 is 0 Å². The summed E-state index contributed by atoms with van der Waals surface area (Å²) >= 11 is 0. The predicted octanol–water partition coefficient (Wildman–Crippen LogP) is 2.79. The number of nitrogens with one attached hydrogen (secondary N) is 1. The van der Waals surface area contributed by atoms with Crippen molar-refractivity contribution in [2.24, 2.45) is 5.41 Å². The molecule has 0 saturated carbocycles. The van der Waals surface area contributed by atoms with Crippen molar-refractivity contribution in [1.29, 1.82) is 0 Å². The third-order valence-corrected chi connectivity index (χ3v) is 3.70. The molecule has 2 rings (SSSR count). The molecule has 0 fully saturated rings. The molecular weight excluding hydrogens is 222 g/mol. The number of fused-ring (bicyclic) bond motifs is 1. The Hall–Kier alpha value is -0.830. The van der Waals surface area contributed by atoms with Crippen LogP contribution in [0, 0.1) is 5.41 Å². The van der Waals surface area contributed by atoms with E-state index in [0.717, 1.165) is 13.1 Å². The normalized spacial score (nSPS) is 16.1. The minimum atomic E-state index is 0.274. The summed E-state index contributed by atoms with van der Waals surface area (Å²) in [6.45, 7) is 11.2. The fourth-order valence-electron chi connectivity index (χ4n) is 2.66. The summed E-state index contributed by atoms with van der Waals surface area (Å²) in [6.07, 6.45) is 7.06. The van der Waals surface area contributed by atoms with E-state index >= 15 is 0 Å². The molecule has 18 heavy (non-hydrogen) atoms. The Balaban J connectivity index is 2.02. The molecule has 102 valence electrons. The maximum atomic E-state index is 4.58. The summed E-state index contributed by atoms with van der Waals surface area (Å²) in [5, 5.41) is 3.54. The van der Waals surface area contributed by atoms with Crippen LogP contribution >= 0.6 is 0 Å². The molecule has 0 aliphatic heterocycles. The molecule has 1 heterocycles. The van der Waals surface area contributed by atoms with E-state index in [-0.39, 0.29) is 5.41 Å². The van der Waals surface area contributed by atoms with Gasteiger partial charge in [-0.05, 0) is 31.1 Å². The van der Waals surface area contributed by atoms with E-state index in [2.05, 4.69) is 42.6 Å². The zero-order valence-corrected chi connectivity index (χ0v) is 12.3. The van der Waals surface area contributed by atoms with Crippen LogP contribution in [0.1, 0.15) is 51.9 Å². The standard InChI is InChI=1S/C15H27N3/c1-12(2)16-9-15(3,4)10-18-11-17-13-7-5-6-8-14(13)18/h11-12,16H,5-10H2,1-4H3. The van der Waals surface area contributed by atoms with Gasteiger partial charge in [0.25, 0.3) is 0 Å². The summed E-state index contributed by atoms with van der Waals surface area (Å²) in [4.78, 5) is 4.58. The molecule has 0 aromatic carbocycles. The van der Waals surface area contributed by atoms with Crippen LogP contribution in [0.5, 0.6) is 0 Å². The molecule has 0 spiro atoms. The van der Waals surface area contributed by atoms with Gasteiger partial charge in [0.15, 0.2) is 0 Å². The van der Waals surface area contributed by atoms with Gasteiger partial charge in [-0.25, -0.2) is 4.98 Å². The van der Waals surface area contributed by atoms with Crippen LogP contribution in [0.2, 0.25) is 0 Å². The van der Waals surface area contributed by atoms with Crippen LogP contribution < -0.4 is 5.32 Å². The highest BCUT2D eigenvalue weighted by molar-refractivity contribution is 5.16. The van der Waals surface area contributed by atoms with Gasteiger partial charge in [-0.2, -0.15) is 0 Å². The lowest BCUT2D eigenvalue weighted by Crippen LogP contribution is -2.36. The molecule has 0 radical (unpaired) electrons. The maximum Gasteiger partial charge on any atom is 0.0951 e. The van der Waals surface area contributed by atoms with Gasteiger partial charge < -0.3 is 9.88 Å². The van der Waals surface area contributed by atoms with E-state index in [1.165, 1.54) is 37.1 Å². The molecule has 1 aromatic heterocycles. The second kappa shape index (κ2) is 5.43. The van der Waals surface area contributed by atoms with Crippen molar-refractivity contribution in [3.63, 3.8) is 0 Å². The van der Waals surface area contributed by atoms with Gasteiger partial charge in [0.2, 0.25) is 0 Å². The Morgan fingerprint density at radius 1 is 1.33 bits per heavy atom. The maximum absolute atomic E-state index is 4.58. The summed E-state index contributed by atoms with van der Waals surface area (Å²) < 4.78 is 2.39. The van der Waals surface area contributed by atoms with Crippen LogP contribution in [-0.2, 0) is 19.4 Å². The van der Waals surface area contributed by atoms with Gasteiger partial charge in [0, 0.05) is 24.8 Å². The second-order valence-electron chi connectivity index (χ2n) is 6.67. The molecule has 0 unspecified atom stereocenters. The first-order valence-corrected chi connectivity index (χ1v) is 7.24. The largest absolute Gasteiger partial charge is 0.334 e. The van der Waals surface area contributed by atoms with Gasteiger partial charge in [0.1, 0.15) is 0 Å². The average molecular weight is 249 g/mol. The summed E-state index contributed by atoms with van der Waals surface area (Å²) in [6, 6.07) is 0.556. The molecule has 3 nitrogen and oxygen atoms in total. The lowest BCUT2D eigenvalue weighted by Gasteiger charge is -2.28. The Kier molecular flexibility index (Phi) is 4.10. The van der Waals surface area contributed by atoms with Crippen molar-refractivity contribution in [3.8, 4) is 0 Å². The fraction of sp³-hybridized carbons (Fsp3) is 0.800. The SMILES string of the molecule is CC(C)NCC(C)(C)Cn1cnc2c1CCCC2. The summed E-state index contributed by atoms with van der Waals surface area (Å²) in [5.41, 5.74) is 3.10. The zero-order valence-electron chi connectivity index (χ0n) is 12.3. The highest BCUT2D eigenvalue weighted by atomic mass is 15.1. The smallest absolute Gasteiger partial charge is 0.0951 e. The summed E-state index contributed by atoms with van der Waals surface area (Å²) in [7, 11) is 0. The van der Waals surface area contributed by atoms with Crippen LogP contribution in [0.4, 0.5) is 0 Å². The first-order valence-electron chi connectivity index (χ1n) is 7.24. The highest BCUT2D eigenvalue weighted by Crippen LogP contribution is 2.24. The van der Waals surface area contributed by atoms with E-state index in [1.807, 2.05) is 6.33 Å². The Labute approximate surface area is 111 Å². The van der Waals surface area contributed by atoms with Crippen molar-refractivity contribution in [1.82, 2.24) is 14.9 Å². The Morgan fingerprint density at radius 2 is 2.06 bits per heavy atom. The monoisotopic (exact) mass is 249 g/mol. The molecule has 0 atom stereocenters. The minimum Gasteiger partial charge on any atom is -0.334 e. The predicted molar refractivity (Wildman–Crippen MR) is 75.8 cm³/mol. The number of nitrogens with zero attached hydrogens (tertiary/aromatic N) is 2. The topological polar surface area (TPSA) is 29.9 Å². The molecule has 1 aliphatic rings. The number of aromatic nitrogens is 2. The molecule has 1 aromatic rings. The van der Waals surface area contributed by atoms with E-state index in [9.17, 15) is 0 Å². The zero-order chi connectivity index (χ0) is 13.2. The van der Waals surface area contributed by atoms with Crippen LogP contribution in [0.15, 0.2) is 6.33 Å². The number of hydrogen-bond donors (Lipinski definition) is 1.